The highest BCUT2D eigenvalue weighted by Crippen LogP contribution is 2.07. The zero-order valence-corrected chi connectivity index (χ0v) is 10.3. The van der Waals surface area contributed by atoms with E-state index in [4.69, 9.17) is 17.3 Å². The Morgan fingerprint density at radius 3 is 2.69 bits per heavy atom. The zero-order chi connectivity index (χ0) is 11.6. The van der Waals surface area contributed by atoms with Gasteiger partial charge in [-0.05, 0) is 56.9 Å². The Kier molecular flexibility index (Phi) is 7.14. The Hall–Kier alpha value is -0.640. The first-order valence-electron chi connectivity index (χ1n) is 5.84. The van der Waals surface area contributed by atoms with Crippen LogP contribution in [0.15, 0.2) is 18.3 Å². The predicted octanol–water partition coefficient (Wildman–Crippen LogP) is 2.00. The molecule has 1 aromatic rings. The van der Waals surface area contributed by atoms with Gasteiger partial charge in [0.05, 0.1) is 0 Å². The van der Waals surface area contributed by atoms with Crippen LogP contribution in [-0.4, -0.2) is 24.6 Å². The van der Waals surface area contributed by atoms with E-state index in [1.165, 1.54) is 18.4 Å². The Morgan fingerprint density at radius 2 is 2.00 bits per heavy atom. The lowest BCUT2D eigenvalue weighted by molar-refractivity contribution is 0.607. The Bertz CT molecular complexity index is 274. The number of hydrogen-bond donors (Lipinski definition) is 2. The van der Waals surface area contributed by atoms with Crippen LogP contribution in [-0.2, 0) is 6.42 Å². The summed E-state index contributed by atoms with van der Waals surface area (Å²) in [6.07, 6.45) is 6.35. The molecule has 0 bridgehead atoms. The summed E-state index contributed by atoms with van der Waals surface area (Å²) < 4.78 is 0. The van der Waals surface area contributed by atoms with Crippen molar-refractivity contribution in [3.8, 4) is 0 Å². The minimum Gasteiger partial charge on any atom is -0.330 e. The normalized spacial score (nSPS) is 10.6. The minimum absolute atomic E-state index is 0.562. The van der Waals surface area contributed by atoms with Crippen molar-refractivity contribution in [3.63, 3.8) is 0 Å². The van der Waals surface area contributed by atoms with E-state index in [1.807, 2.05) is 18.3 Å². The second-order valence-electron chi connectivity index (χ2n) is 3.84. The molecule has 0 aliphatic heterocycles. The fourth-order valence-electron chi connectivity index (χ4n) is 1.49. The minimum atomic E-state index is 0.562. The van der Waals surface area contributed by atoms with E-state index in [-0.39, 0.29) is 0 Å². The summed E-state index contributed by atoms with van der Waals surface area (Å²) in [5, 5.41) is 3.93. The molecular formula is C12H20ClN3. The van der Waals surface area contributed by atoms with Gasteiger partial charge in [-0.3, -0.25) is 0 Å². The SMILES string of the molecule is NCCCNCCCCc1ccc(Cl)nc1. The summed E-state index contributed by atoms with van der Waals surface area (Å²) in [5.74, 6) is 0. The van der Waals surface area contributed by atoms with Crippen molar-refractivity contribution in [2.75, 3.05) is 19.6 Å². The number of unbranched alkanes of at least 4 members (excludes halogenated alkanes) is 1. The van der Waals surface area contributed by atoms with Crippen molar-refractivity contribution in [2.45, 2.75) is 25.7 Å². The monoisotopic (exact) mass is 241 g/mol. The van der Waals surface area contributed by atoms with Crippen molar-refractivity contribution >= 4 is 11.6 Å². The molecule has 1 heterocycles. The number of hydrogen-bond acceptors (Lipinski definition) is 3. The highest BCUT2D eigenvalue weighted by atomic mass is 35.5. The number of nitrogens with zero attached hydrogens (tertiary/aromatic N) is 1. The molecule has 0 aliphatic carbocycles. The van der Waals surface area contributed by atoms with Crippen LogP contribution in [0.5, 0.6) is 0 Å². The molecule has 0 spiro atoms. The number of pyridine rings is 1. The second kappa shape index (κ2) is 8.50. The third-order valence-corrected chi connectivity index (χ3v) is 2.64. The van der Waals surface area contributed by atoms with Crippen molar-refractivity contribution in [1.29, 1.82) is 0 Å². The molecule has 16 heavy (non-hydrogen) atoms. The van der Waals surface area contributed by atoms with E-state index in [1.54, 1.807) is 0 Å². The van der Waals surface area contributed by atoms with Crippen LogP contribution in [0.3, 0.4) is 0 Å². The first-order chi connectivity index (χ1) is 7.83. The molecule has 0 aromatic carbocycles. The van der Waals surface area contributed by atoms with E-state index in [2.05, 4.69) is 10.3 Å². The van der Waals surface area contributed by atoms with Gasteiger partial charge >= 0.3 is 0 Å². The molecule has 3 nitrogen and oxygen atoms in total. The number of aryl methyl sites for hydroxylation is 1. The number of nitrogens with one attached hydrogen (secondary N) is 1. The van der Waals surface area contributed by atoms with Gasteiger partial charge < -0.3 is 11.1 Å². The summed E-state index contributed by atoms with van der Waals surface area (Å²) in [6, 6.07) is 3.88. The van der Waals surface area contributed by atoms with E-state index in [0.29, 0.717) is 5.15 Å². The van der Waals surface area contributed by atoms with Crippen LogP contribution in [0.25, 0.3) is 0 Å². The molecule has 0 saturated heterocycles. The highest BCUT2D eigenvalue weighted by molar-refractivity contribution is 6.29. The van der Waals surface area contributed by atoms with E-state index in [9.17, 15) is 0 Å². The molecule has 1 rings (SSSR count). The van der Waals surface area contributed by atoms with Crippen molar-refractivity contribution in [2.24, 2.45) is 5.73 Å². The van der Waals surface area contributed by atoms with E-state index < -0.39 is 0 Å². The summed E-state index contributed by atoms with van der Waals surface area (Å²) >= 11 is 5.71. The standard InChI is InChI=1S/C12H20ClN3/c13-12-6-5-11(10-16-12)4-1-2-8-15-9-3-7-14/h5-6,10,15H,1-4,7-9,14H2. The lowest BCUT2D eigenvalue weighted by Gasteiger charge is -2.03. The smallest absolute Gasteiger partial charge is 0.129 e. The van der Waals surface area contributed by atoms with Crippen LogP contribution < -0.4 is 11.1 Å². The largest absolute Gasteiger partial charge is 0.330 e. The zero-order valence-electron chi connectivity index (χ0n) is 9.58. The fraction of sp³-hybridized carbons (Fsp3) is 0.583. The number of aromatic nitrogens is 1. The van der Waals surface area contributed by atoms with Crippen LogP contribution >= 0.6 is 11.6 Å². The van der Waals surface area contributed by atoms with Crippen LogP contribution in [0.1, 0.15) is 24.8 Å². The number of halogens is 1. The first kappa shape index (κ1) is 13.4. The highest BCUT2D eigenvalue weighted by Gasteiger charge is 1.94. The first-order valence-corrected chi connectivity index (χ1v) is 6.22. The molecule has 1 aromatic heterocycles. The van der Waals surface area contributed by atoms with Crippen LogP contribution in [0.2, 0.25) is 5.15 Å². The van der Waals surface area contributed by atoms with Crippen molar-refractivity contribution < 1.29 is 0 Å². The third-order valence-electron chi connectivity index (χ3n) is 2.42. The van der Waals surface area contributed by atoms with Gasteiger partial charge in [0.15, 0.2) is 0 Å². The van der Waals surface area contributed by atoms with Gasteiger partial charge in [0, 0.05) is 6.20 Å². The summed E-state index contributed by atoms with van der Waals surface area (Å²) in [7, 11) is 0. The lowest BCUT2D eigenvalue weighted by atomic mass is 10.1. The molecule has 0 unspecified atom stereocenters. The lowest BCUT2D eigenvalue weighted by Crippen LogP contribution is -2.19. The molecule has 0 aliphatic rings. The summed E-state index contributed by atoms with van der Waals surface area (Å²) in [5.41, 5.74) is 6.66. The number of nitrogens with two attached hydrogens (primary N) is 1. The van der Waals surface area contributed by atoms with Crippen molar-refractivity contribution in [1.82, 2.24) is 10.3 Å². The van der Waals surface area contributed by atoms with Gasteiger partial charge in [-0.2, -0.15) is 0 Å². The summed E-state index contributed by atoms with van der Waals surface area (Å²) in [4.78, 5) is 4.05. The van der Waals surface area contributed by atoms with Gasteiger partial charge in [0.2, 0.25) is 0 Å². The number of rotatable bonds is 8. The molecule has 0 radical (unpaired) electrons. The van der Waals surface area contributed by atoms with Gasteiger partial charge in [0.1, 0.15) is 5.15 Å². The molecule has 4 heteroatoms. The average Bonchev–Trinajstić information content (AvgIpc) is 2.30. The fourth-order valence-corrected chi connectivity index (χ4v) is 1.60. The van der Waals surface area contributed by atoms with Gasteiger partial charge in [-0.15, -0.1) is 0 Å². The quantitative estimate of drug-likeness (QED) is 0.541. The maximum absolute atomic E-state index is 5.71. The van der Waals surface area contributed by atoms with Gasteiger partial charge in [0.25, 0.3) is 0 Å². The second-order valence-corrected chi connectivity index (χ2v) is 4.23. The molecule has 0 saturated carbocycles. The van der Waals surface area contributed by atoms with E-state index in [0.717, 1.165) is 32.5 Å². The maximum atomic E-state index is 5.71. The van der Waals surface area contributed by atoms with E-state index >= 15 is 0 Å². The summed E-state index contributed by atoms with van der Waals surface area (Å²) in [6.45, 7) is 2.86. The Morgan fingerprint density at radius 1 is 1.19 bits per heavy atom. The average molecular weight is 242 g/mol. The van der Waals surface area contributed by atoms with Gasteiger partial charge in [-0.1, -0.05) is 17.7 Å². The molecule has 3 N–H and O–H groups in total. The predicted molar refractivity (Wildman–Crippen MR) is 68.7 cm³/mol. The molecule has 0 fully saturated rings. The van der Waals surface area contributed by atoms with Crippen molar-refractivity contribution in [3.05, 3.63) is 29.0 Å². The van der Waals surface area contributed by atoms with Crippen LogP contribution in [0.4, 0.5) is 0 Å². The third kappa shape index (κ3) is 6.05. The Balaban J connectivity index is 2.01. The maximum Gasteiger partial charge on any atom is 0.129 e. The molecule has 0 amide bonds. The molecular weight excluding hydrogens is 222 g/mol. The Labute approximate surface area is 102 Å². The molecule has 90 valence electrons. The topological polar surface area (TPSA) is 50.9 Å². The van der Waals surface area contributed by atoms with Gasteiger partial charge in [-0.25, -0.2) is 4.98 Å². The van der Waals surface area contributed by atoms with Crippen LogP contribution in [0, 0.1) is 0 Å². The molecule has 0 atom stereocenters.